The topological polar surface area (TPSA) is 293 Å². The maximum Gasteiger partial charge on any atom is 0.183 e. The maximum absolute atomic E-state index is 11.5. The summed E-state index contributed by atoms with van der Waals surface area (Å²) >= 11 is 0. The van der Waals surface area contributed by atoms with E-state index < -0.39 is 20.0 Å². The summed E-state index contributed by atoms with van der Waals surface area (Å²) in [6, 6.07) is 64.9. The van der Waals surface area contributed by atoms with Gasteiger partial charge in [0.1, 0.15) is 0 Å². The van der Waals surface area contributed by atoms with Gasteiger partial charge in [-0.25, -0.2) is 25.9 Å². The molecule has 0 bridgehead atoms. The standard InChI is InChI=1S/C18H16N5.2C17H14N5O2S.C10H8N5/c1-22(2)16-11-7-6-10-14(16)15-12-17-19-20-18(23(17)21-15)13-8-4-3-5-9-13;2*1-25(23,24)21-14-10-6-5-9-13(14)15-11-16-18-19-17(22(16)20-15)12-7-3-2-4-8-12;1-7-12-13-10-6-9(14-15(7)10)8-4-2-3-5-11-8/h3-12H,1-2H3;2*2-11,20H,1H3;2-6H,1H3/q4*-1. The van der Waals surface area contributed by atoms with Crippen molar-refractivity contribution in [3.63, 3.8) is 0 Å². The highest BCUT2D eigenvalue weighted by Crippen LogP contribution is 2.37. The number of hydrogen-bond donors (Lipinski definition) is 2. The second-order valence-electron chi connectivity index (χ2n) is 20.1. The van der Waals surface area contributed by atoms with E-state index in [4.69, 9.17) is 5.10 Å². The number of aromatic nitrogens is 17. The second-order valence-corrected chi connectivity index (χ2v) is 23.3. The second kappa shape index (κ2) is 24.2. The number of nitrogens with zero attached hydrogens (tertiary/aromatic N) is 18. The van der Waals surface area contributed by atoms with Gasteiger partial charge in [-0.2, -0.15) is 0 Å². The van der Waals surface area contributed by atoms with Crippen LogP contribution in [0.4, 0.5) is 17.1 Å². The summed E-state index contributed by atoms with van der Waals surface area (Å²) < 4.78 is 60.8. The highest BCUT2D eigenvalue weighted by Gasteiger charge is 2.15. The molecular weight excluding hydrogens is 1150 g/mol. The first kappa shape index (κ1) is 56.9. The van der Waals surface area contributed by atoms with Gasteiger partial charge in [0.15, 0.2) is 22.9 Å². The van der Waals surface area contributed by atoms with Gasteiger partial charge in [0.05, 0.1) is 54.3 Å². The number of pyridine rings is 1. The Bertz CT molecular complexity index is 4920. The minimum atomic E-state index is -3.50. The van der Waals surface area contributed by atoms with Crippen molar-refractivity contribution in [3.05, 3.63) is 228 Å². The fraction of sp³-hybridized carbons (Fsp3) is 0.0806. The van der Waals surface area contributed by atoms with Crippen LogP contribution in [0.1, 0.15) is 5.82 Å². The van der Waals surface area contributed by atoms with E-state index in [2.05, 4.69) is 87.5 Å². The van der Waals surface area contributed by atoms with E-state index in [0.29, 0.717) is 56.8 Å². The van der Waals surface area contributed by atoms with Gasteiger partial charge in [-0.15, -0.1) is 31.8 Å². The number of aryl methyl sites for hydroxylation is 1. The summed E-state index contributed by atoms with van der Waals surface area (Å²) in [5, 5.41) is 48.7. The Hall–Kier alpha value is -11.5. The Morgan fingerprint density at radius 2 is 0.898 bits per heavy atom. The number of rotatable bonds is 12. The highest BCUT2D eigenvalue weighted by molar-refractivity contribution is 7.93. The van der Waals surface area contributed by atoms with Gasteiger partial charge in [0.25, 0.3) is 0 Å². The van der Waals surface area contributed by atoms with Crippen LogP contribution in [-0.4, -0.2) is 117 Å². The molecule has 0 aliphatic heterocycles. The van der Waals surface area contributed by atoms with Crippen LogP contribution in [0.2, 0.25) is 0 Å². The molecule has 0 atom stereocenters. The van der Waals surface area contributed by atoms with Gasteiger partial charge in [0, 0.05) is 73.1 Å². The zero-order valence-corrected chi connectivity index (χ0v) is 49.3. The molecule has 0 fully saturated rings. The Morgan fingerprint density at radius 3 is 1.40 bits per heavy atom. The normalized spacial score (nSPS) is 11.4. The third-order valence-electron chi connectivity index (χ3n) is 13.4. The molecule has 15 rings (SSSR count). The van der Waals surface area contributed by atoms with Crippen LogP contribution in [0.3, 0.4) is 0 Å². The molecule has 2 N–H and O–H groups in total. The van der Waals surface area contributed by atoms with Crippen molar-refractivity contribution >= 4 is 59.7 Å². The molecular formula is C62H52N20O4S2-4. The number of hydrogen-bond acceptors (Lipinski definition) is 14. The highest BCUT2D eigenvalue weighted by atomic mass is 32.2. The molecule has 9 aromatic heterocycles. The number of anilines is 1. The van der Waals surface area contributed by atoms with Gasteiger partial charge >= 0.3 is 0 Å². The smallest absolute Gasteiger partial charge is 0.183 e. The van der Waals surface area contributed by atoms with E-state index in [-0.39, 0.29) is 0 Å². The molecule has 0 unspecified atom stereocenters. The minimum Gasteiger partial charge on any atom is -0.577 e. The molecule has 6 aromatic carbocycles. The maximum atomic E-state index is 11.5. The third kappa shape index (κ3) is 12.5. The molecule has 26 heteroatoms. The summed E-state index contributed by atoms with van der Waals surface area (Å²) in [5.74, 6) is 2.90. The molecule has 24 nitrogen and oxygen atoms in total. The molecule has 0 saturated carbocycles. The first-order valence-electron chi connectivity index (χ1n) is 27.1. The quantitative estimate of drug-likeness (QED) is 0.115. The number of sulfonamides is 2. The summed E-state index contributed by atoms with van der Waals surface area (Å²) in [5.41, 5.74) is 14.0. The number of fused-ring (bicyclic) bond motifs is 4. The lowest BCUT2D eigenvalue weighted by molar-refractivity contribution is 0.607. The molecule has 0 radical (unpaired) electrons. The van der Waals surface area contributed by atoms with Crippen LogP contribution in [-0.2, 0) is 20.0 Å². The predicted molar refractivity (Wildman–Crippen MR) is 338 cm³/mol. The molecule has 88 heavy (non-hydrogen) atoms. The number of para-hydroxylation sites is 1. The summed E-state index contributed by atoms with van der Waals surface area (Å²) in [6.45, 7) is 1.87. The minimum absolute atomic E-state index is 0.378. The van der Waals surface area contributed by atoms with Crippen LogP contribution in [0, 0.1) is 6.92 Å². The van der Waals surface area contributed by atoms with Crippen LogP contribution in [0.15, 0.2) is 212 Å². The molecule has 0 spiro atoms. The van der Waals surface area contributed by atoms with E-state index in [1.165, 1.54) is 0 Å². The van der Waals surface area contributed by atoms with Crippen LogP contribution in [0.5, 0.6) is 0 Å². The van der Waals surface area contributed by atoms with Crippen molar-refractivity contribution in [1.82, 2.24) is 84.2 Å². The lowest BCUT2D eigenvalue weighted by atomic mass is 10.1. The first-order chi connectivity index (χ1) is 42.6. The zero-order valence-electron chi connectivity index (χ0n) is 47.7. The molecule has 440 valence electrons. The van der Waals surface area contributed by atoms with Crippen molar-refractivity contribution in [2.75, 3.05) is 31.5 Å². The van der Waals surface area contributed by atoms with Crippen molar-refractivity contribution in [1.29, 1.82) is 0 Å². The summed E-state index contributed by atoms with van der Waals surface area (Å²) in [6.07, 6.45) is 3.89. The van der Waals surface area contributed by atoms with Crippen LogP contribution >= 0.6 is 0 Å². The lowest BCUT2D eigenvalue weighted by Gasteiger charge is -2.21. The number of H-pyrrole nitrogens is 2. The van der Waals surface area contributed by atoms with Crippen molar-refractivity contribution < 1.29 is 16.8 Å². The van der Waals surface area contributed by atoms with Gasteiger partial charge < -0.3 is 33.6 Å². The fourth-order valence-electron chi connectivity index (χ4n) is 9.51. The SMILES string of the molecule is CN(C)c1ccccc1-c1cc2[n-]nc(-c3ccccc3)n2n1.CS(=O)(=O)[N-]c1ccccc1-c1cc2nnc(-c3ccccc3)n2[nH]1.CS(=O)(=O)[N-]c1ccccc1-c1cc2nnc(-c3ccccc3)n2[nH]1.Cc1n[n-]c2cc(-c3ccccn3)nn12. The predicted octanol–water partition coefficient (Wildman–Crippen LogP) is 10.9. The Morgan fingerprint density at radius 1 is 0.455 bits per heavy atom. The fourth-order valence-corrected chi connectivity index (χ4v) is 10.5. The van der Waals surface area contributed by atoms with E-state index in [0.717, 1.165) is 80.5 Å². The Balaban J connectivity index is 0.000000116. The average Bonchev–Trinajstić information content (AvgIpc) is 4.38. The molecule has 9 heterocycles. The van der Waals surface area contributed by atoms with E-state index >= 15 is 0 Å². The molecule has 0 saturated heterocycles. The Kier molecular flexibility index (Phi) is 15.7. The monoisotopic (exact) mass is 1200 g/mol. The first-order valence-corrected chi connectivity index (χ1v) is 30.8. The molecule has 0 amide bonds. The summed E-state index contributed by atoms with van der Waals surface area (Å²) in [7, 11) is -2.94. The van der Waals surface area contributed by atoms with Gasteiger partial charge in [-0.1, -0.05) is 164 Å². The average molecular weight is 1210 g/mol. The zero-order chi connectivity index (χ0) is 60.9. The molecule has 0 aliphatic rings. The Labute approximate surface area is 503 Å². The number of aromatic amines is 2. The van der Waals surface area contributed by atoms with Crippen molar-refractivity contribution in [2.24, 2.45) is 0 Å². The van der Waals surface area contributed by atoms with Crippen molar-refractivity contribution in [3.8, 4) is 79.3 Å². The summed E-state index contributed by atoms with van der Waals surface area (Å²) in [4.78, 5) is 6.32. The van der Waals surface area contributed by atoms with E-state index in [1.54, 1.807) is 48.5 Å². The lowest BCUT2D eigenvalue weighted by Crippen LogP contribution is -2.09. The molecule has 0 aliphatic carbocycles. The van der Waals surface area contributed by atoms with Gasteiger partial charge in [0.2, 0.25) is 0 Å². The largest absolute Gasteiger partial charge is 0.577 e. The third-order valence-corrected chi connectivity index (χ3v) is 14.5. The van der Waals surface area contributed by atoms with Gasteiger partial charge in [-0.3, -0.25) is 35.6 Å². The van der Waals surface area contributed by atoms with Crippen molar-refractivity contribution in [2.45, 2.75) is 6.92 Å². The molecule has 15 aromatic rings. The van der Waals surface area contributed by atoms with E-state index in [9.17, 15) is 16.8 Å². The number of benzene rings is 6. The van der Waals surface area contributed by atoms with Crippen LogP contribution < -0.4 is 15.1 Å². The van der Waals surface area contributed by atoms with Crippen LogP contribution in [0.25, 0.3) is 111 Å². The van der Waals surface area contributed by atoms with Gasteiger partial charge in [-0.05, 0) is 65.2 Å². The number of nitrogens with one attached hydrogen (secondary N) is 2. The van der Waals surface area contributed by atoms with E-state index in [1.807, 2.05) is 191 Å².